The van der Waals surface area contributed by atoms with Crippen molar-refractivity contribution in [1.29, 1.82) is 0 Å². The topological polar surface area (TPSA) is 12.0 Å². The molecule has 1 aromatic rings. The lowest BCUT2D eigenvalue weighted by Crippen LogP contribution is -2.25. The maximum Gasteiger partial charge on any atom is 0.0701 e. The zero-order valence-corrected chi connectivity index (χ0v) is 12.4. The van der Waals surface area contributed by atoms with E-state index in [2.05, 4.69) is 33.4 Å². The molecule has 1 fully saturated rings. The quantitative estimate of drug-likeness (QED) is 0.799. The van der Waals surface area contributed by atoms with Gasteiger partial charge in [0.15, 0.2) is 0 Å². The third-order valence-corrected chi connectivity index (χ3v) is 5.37. The maximum absolute atomic E-state index is 5.97. The molecule has 1 aliphatic carbocycles. The summed E-state index contributed by atoms with van der Waals surface area (Å²) in [7, 11) is 0. The monoisotopic (exact) mass is 321 g/mol. The second-order valence-corrected chi connectivity index (χ2v) is 7.30. The van der Waals surface area contributed by atoms with Crippen LogP contribution in [0.4, 0.5) is 0 Å². The summed E-state index contributed by atoms with van der Waals surface area (Å²) >= 11 is 11.3. The van der Waals surface area contributed by atoms with Crippen LogP contribution in [-0.4, -0.2) is 12.4 Å². The number of rotatable bonds is 5. The second-order valence-electron chi connectivity index (χ2n) is 4.44. The van der Waals surface area contributed by atoms with Gasteiger partial charge in [-0.2, -0.15) is 0 Å². The third kappa shape index (κ3) is 3.46. The van der Waals surface area contributed by atoms with E-state index in [1.54, 1.807) is 11.3 Å². The fraction of sp³-hybridized carbons (Fsp3) is 0.667. The highest BCUT2D eigenvalue weighted by Crippen LogP contribution is 2.32. The van der Waals surface area contributed by atoms with Crippen molar-refractivity contribution in [2.75, 3.05) is 12.4 Å². The summed E-state index contributed by atoms with van der Waals surface area (Å²) in [6, 6.07) is 4.29. The van der Waals surface area contributed by atoms with Crippen LogP contribution in [0.15, 0.2) is 15.9 Å². The molecule has 90 valence electrons. The predicted octanol–water partition coefficient (Wildman–Crippen LogP) is 4.26. The lowest BCUT2D eigenvalue weighted by atomic mass is 9.98. The summed E-state index contributed by atoms with van der Waals surface area (Å²) in [5.41, 5.74) is 0. The number of alkyl halides is 1. The smallest absolute Gasteiger partial charge is 0.0701 e. The molecular formula is C12H17BrClNS. The van der Waals surface area contributed by atoms with E-state index in [9.17, 15) is 0 Å². The predicted molar refractivity (Wildman–Crippen MR) is 75.3 cm³/mol. The zero-order chi connectivity index (χ0) is 11.4. The maximum atomic E-state index is 5.97. The van der Waals surface area contributed by atoms with Crippen molar-refractivity contribution >= 4 is 38.9 Å². The molecule has 2 atom stereocenters. The summed E-state index contributed by atoms with van der Waals surface area (Å²) in [5, 5.41) is 3.55. The Labute approximate surface area is 115 Å². The van der Waals surface area contributed by atoms with Crippen LogP contribution in [-0.2, 0) is 6.54 Å². The standard InChI is InChI=1S/C12H17BrClNS/c13-12-5-4-11(16-12)8-15-7-10-3-1-2-9(10)6-14/h4-5,9-10,15H,1-3,6-8H2. The molecule has 2 unspecified atom stereocenters. The van der Waals surface area contributed by atoms with Gasteiger partial charge in [0, 0.05) is 17.3 Å². The summed E-state index contributed by atoms with van der Waals surface area (Å²) < 4.78 is 1.21. The average molecular weight is 323 g/mol. The van der Waals surface area contributed by atoms with Gasteiger partial charge in [-0.25, -0.2) is 0 Å². The first-order valence-corrected chi connectivity index (χ1v) is 7.95. The number of hydrogen-bond donors (Lipinski definition) is 1. The molecule has 1 nitrogen and oxygen atoms in total. The summed E-state index contributed by atoms with van der Waals surface area (Å²) in [4.78, 5) is 1.40. The van der Waals surface area contributed by atoms with Gasteiger partial charge in [0.05, 0.1) is 3.79 Å². The molecule has 0 aliphatic heterocycles. The Hall–Kier alpha value is 0.430. The molecule has 2 rings (SSSR count). The molecule has 0 bridgehead atoms. The van der Waals surface area contributed by atoms with Crippen molar-refractivity contribution in [3.63, 3.8) is 0 Å². The van der Waals surface area contributed by atoms with Crippen molar-refractivity contribution in [3.05, 3.63) is 20.8 Å². The third-order valence-electron chi connectivity index (χ3n) is 3.35. The van der Waals surface area contributed by atoms with Crippen LogP contribution in [0.25, 0.3) is 0 Å². The van der Waals surface area contributed by atoms with Gasteiger partial charge in [-0.05, 0) is 59.3 Å². The molecule has 1 aromatic heterocycles. The van der Waals surface area contributed by atoms with Gasteiger partial charge in [-0.1, -0.05) is 6.42 Å². The summed E-state index contributed by atoms with van der Waals surface area (Å²) in [6.07, 6.45) is 4.02. The molecule has 0 aromatic carbocycles. The highest BCUT2D eigenvalue weighted by molar-refractivity contribution is 9.11. The number of nitrogens with one attached hydrogen (secondary N) is 1. The van der Waals surface area contributed by atoms with Crippen LogP contribution in [0, 0.1) is 11.8 Å². The molecule has 1 heterocycles. The van der Waals surface area contributed by atoms with Crippen molar-refractivity contribution in [2.24, 2.45) is 11.8 Å². The van der Waals surface area contributed by atoms with Crippen LogP contribution in [0.2, 0.25) is 0 Å². The van der Waals surface area contributed by atoms with Crippen molar-refractivity contribution < 1.29 is 0 Å². The Morgan fingerprint density at radius 1 is 1.38 bits per heavy atom. The van der Waals surface area contributed by atoms with Gasteiger partial charge in [-0.3, -0.25) is 0 Å². The Balaban J connectivity index is 1.71. The normalized spacial score (nSPS) is 25.1. The largest absolute Gasteiger partial charge is 0.312 e. The molecule has 1 saturated carbocycles. The number of thiophene rings is 1. The molecule has 4 heteroatoms. The van der Waals surface area contributed by atoms with Crippen LogP contribution in [0.5, 0.6) is 0 Å². The van der Waals surface area contributed by atoms with E-state index < -0.39 is 0 Å². The molecule has 16 heavy (non-hydrogen) atoms. The van der Waals surface area contributed by atoms with Gasteiger partial charge < -0.3 is 5.32 Å². The Morgan fingerprint density at radius 2 is 2.19 bits per heavy atom. The van der Waals surface area contributed by atoms with Crippen LogP contribution in [0.3, 0.4) is 0 Å². The van der Waals surface area contributed by atoms with Gasteiger partial charge in [0.2, 0.25) is 0 Å². The molecule has 1 N–H and O–H groups in total. The van der Waals surface area contributed by atoms with Gasteiger partial charge in [-0.15, -0.1) is 22.9 Å². The first-order valence-electron chi connectivity index (χ1n) is 5.80. The molecule has 0 radical (unpaired) electrons. The molecule has 0 spiro atoms. The van der Waals surface area contributed by atoms with Crippen molar-refractivity contribution in [2.45, 2.75) is 25.8 Å². The Morgan fingerprint density at radius 3 is 2.88 bits per heavy atom. The molecular weight excluding hydrogens is 306 g/mol. The van der Waals surface area contributed by atoms with Crippen LogP contribution >= 0.6 is 38.9 Å². The minimum absolute atomic E-state index is 0.740. The summed E-state index contributed by atoms with van der Waals surface area (Å²) in [5.74, 6) is 2.36. The lowest BCUT2D eigenvalue weighted by molar-refractivity contribution is 0.396. The molecule has 1 aliphatic rings. The molecule has 0 amide bonds. The first-order chi connectivity index (χ1) is 7.79. The van der Waals surface area contributed by atoms with E-state index >= 15 is 0 Å². The highest BCUT2D eigenvalue weighted by Gasteiger charge is 2.25. The minimum Gasteiger partial charge on any atom is -0.312 e. The van der Waals surface area contributed by atoms with Crippen LogP contribution < -0.4 is 5.32 Å². The average Bonchev–Trinajstić information content (AvgIpc) is 2.87. The van der Waals surface area contributed by atoms with E-state index in [1.165, 1.54) is 27.9 Å². The van der Waals surface area contributed by atoms with Crippen LogP contribution in [0.1, 0.15) is 24.1 Å². The van der Waals surface area contributed by atoms with Gasteiger partial charge >= 0.3 is 0 Å². The van der Waals surface area contributed by atoms with E-state index in [1.807, 2.05) is 0 Å². The number of hydrogen-bond acceptors (Lipinski definition) is 2. The fourth-order valence-corrected chi connectivity index (χ4v) is 4.27. The van der Waals surface area contributed by atoms with Gasteiger partial charge in [0.25, 0.3) is 0 Å². The van der Waals surface area contributed by atoms with E-state index in [0.29, 0.717) is 0 Å². The second kappa shape index (κ2) is 6.39. The lowest BCUT2D eigenvalue weighted by Gasteiger charge is -2.17. The minimum atomic E-state index is 0.740. The van der Waals surface area contributed by atoms with E-state index in [0.717, 1.165) is 30.8 Å². The highest BCUT2D eigenvalue weighted by atomic mass is 79.9. The Bertz CT molecular complexity index is 329. The van der Waals surface area contributed by atoms with E-state index in [4.69, 9.17) is 11.6 Å². The Kier molecular flexibility index (Phi) is 5.14. The number of halogens is 2. The van der Waals surface area contributed by atoms with Crippen molar-refractivity contribution in [3.8, 4) is 0 Å². The van der Waals surface area contributed by atoms with E-state index in [-0.39, 0.29) is 0 Å². The van der Waals surface area contributed by atoms with Gasteiger partial charge in [0.1, 0.15) is 0 Å². The zero-order valence-electron chi connectivity index (χ0n) is 9.22. The fourth-order valence-electron chi connectivity index (χ4n) is 2.41. The SMILES string of the molecule is ClCC1CCCC1CNCc1ccc(Br)s1. The summed E-state index contributed by atoms with van der Waals surface area (Å²) in [6.45, 7) is 2.11. The first kappa shape index (κ1) is 12.9. The van der Waals surface area contributed by atoms with Crippen molar-refractivity contribution in [1.82, 2.24) is 5.32 Å². The molecule has 0 saturated heterocycles.